The summed E-state index contributed by atoms with van der Waals surface area (Å²) < 4.78 is 27.0. The first-order chi connectivity index (χ1) is 10.4. The molecule has 1 aromatic carbocycles. The molecule has 0 radical (unpaired) electrons. The van der Waals surface area contributed by atoms with Crippen LogP contribution in [0.3, 0.4) is 0 Å². The van der Waals surface area contributed by atoms with Gasteiger partial charge in [0, 0.05) is 23.2 Å². The number of nitrogens with one attached hydrogen (secondary N) is 1. The maximum atomic E-state index is 12.2. The van der Waals surface area contributed by atoms with Crippen molar-refractivity contribution in [1.29, 1.82) is 0 Å². The van der Waals surface area contributed by atoms with Crippen LogP contribution in [0.4, 0.5) is 0 Å². The summed E-state index contributed by atoms with van der Waals surface area (Å²) in [5, 5.41) is 10.4. The van der Waals surface area contributed by atoms with Crippen LogP contribution in [0.1, 0.15) is 22.4 Å². The summed E-state index contributed by atoms with van der Waals surface area (Å²) in [7, 11) is -3.54. The lowest BCUT2D eigenvalue weighted by molar-refractivity contribution is -0.136. The summed E-state index contributed by atoms with van der Waals surface area (Å²) in [6.07, 6.45) is 0.401. The summed E-state index contributed by atoms with van der Waals surface area (Å²) in [5.41, 5.74) is 1.63. The van der Waals surface area contributed by atoms with E-state index in [1.807, 2.05) is 25.1 Å². The van der Waals surface area contributed by atoms with E-state index in [-0.39, 0.29) is 17.9 Å². The van der Waals surface area contributed by atoms with Gasteiger partial charge in [0.2, 0.25) is 10.0 Å². The number of sulfonamides is 1. The Bertz CT molecular complexity index is 765. The molecule has 7 heteroatoms. The second-order valence-corrected chi connectivity index (χ2v) is 7.76. The molecule has 2 rings (SSSR count). The molecule has 2 N–H and O–H groups in total. The number of carboxylic acids is 1. The zero-order valence-corrected chi connectivity index (χ0v) is 13.7. The van der Waals surface area contributed by atoms with Crippen molar-refractivity contribution in [2.24, 2.45) is 0 Å². The summed E-state index contributed by atoms with van der Waals surface area (Å²) in [4.78, 5) is 11.9. The number of thiophene rings is 1. The number of rotatable bonds is 7. The van der Waals surface area contributed by atoms with E-state index in [9.17, 15) is 13.2 Å². The molecule has 0 unspecified atom stereocenters. The highest BCUT2D eigenvalue weighted by Crippen LogP contribution is 2.19. The van der Waals surface area contributed by atoms with Gasteiger partial charge in [0.15, 0.2) is 0 Å². The second-order valence-electron chi connectivity index (χ2n) is 4.88. The Kier molecular flexibility index (Phi) is 5.33. The summed E-state index contributed by atoms with van der Waals surface area (Å²) >= 11 is 1.38. The second kappa shape index (κ2) is 7.04. The molecule has 2 aromatic rings. The van der Waals surface area contributed by atoms with Crippen LogP contribution in [-0.2, 0) is 27.8 Å². The minimum atomic E-state index is -3.54. The molecular formula is C15H17NO4S2. The number of carbonyl (C=O) groups is 1. The van der Waals surface area contributed by atoms with Gasteiger partial charge in [-0.25, -0.2) is 13.1 Å². The molecule has 1 heterocycles. The first-order valence-corrected chi connectivity index (χ1v) is 9.08. The number of benzene rings is 1. The zero-order valence-electron chi connectivity index (χ0n) is 12.1. The molecule has 0 saturated carbocycles. The van der Waals surface area contributed by atoms with Crippen molar-refractivity contribution >= 4 is 27.3 Å². The predicted octanol–water partition coefficient (Wildman–Crippen LogP) is 2.55. The number of aliphatic carboxylic acids is 1. The van der Waals surface area contributed by atoms with Gasteiger partial charge in [-0.15, -0.1) is 11.3 Å². The van der Waals surface area contributed by atoms with Crippen molar-refractivity contribution < 1.29 is 18.3 Å². The van der Waals surface area contributed by atoms with Crippen LogP contribution >= 0.6 is 11.3 Å². The van der Waals surface area contributed by atoms with Crippen molar-refractivity contribution in [3.8, 4) is 0 Å². The highest BCUT2D eigenvalue weighted by Gasteiger charge is 2.16. The highest BCUT2D eigenvalue weighted by molar-refractivity contribution is 7.89. The minimum Gasteiger partial charge on any atom is -0.481 e. The maximum absolute atomic E-state index is 12.2. The minimum absolute atomic E-state index is 0.0213. The molecule has 118 valence electrons. The topological polar surface area (TPSA) is 83.5 Å². The Labute approximate surface area is 133 Å². The summed E-state index contributed by atoms with van der Waals surface area (Å²) in [6, 6.07) is 8.88. The van der Waals surface area contributed by atoms with Crippen molar-refractivity contribution in [3.63, 3.8) is 0 Å². The quantitative estimate of drug-likeness (QED) is 0.812. The molecule has 0 bridgehead atoms. The molecule has 22 heavy (non-hydrogen) atoms. The SMILES string of the molecule is Cc1cc(S(=O)(=O)NCc2ccccc2CCC(=O)O)cs1. The molecular weight excluding hydrogens is 322 g/mol. The molecule has 0 atom stereocenters. The van der Waals surface area contributed by atoms with Gasteiger partial charge in [0.05, 0.1) is 4.90 Å². The Morgan fingerprint density at radius 3 is 2.55 bits per heavy atom. The fourth-order valence-corrected chi connectivity index (χ4v) is 4.17. The van der Waals surface area contributed by atoms with E-state index in [0.717, 1.165) is 16.0 Å². The fourth-order valence-electron chi connectivity index (χ4n) is 2.03. The van der Waals surface area contributed by atoms with Gasteiger partial charge < -0.3 is 5.11 Å². The van der Waals surface area contributed by atoms with Crippen LogP contribution in [-0.4, -0.2) is 19.5 Å². The van der Waals surface area contributed by atoms with E-state index in [0.29, 0.717) is 6.42 Å². The van der Waals surface area contributed by atoms with Gasteiger partial charge in [-0.3, -0.25) is 4.79 Å². The monoisotopic (exact) mass is 339 g/mol. The zero-order chi connectivity index (χ0) is 16.2. The lowest BCUT2D eigenvalue weighted by Gasteiger charge is -2.10. The Balaban J connectivity index is 2.09. The smallest absolute Gasteiger partial charge is 0.303 e. The molecule has 0 amide bonds. The Hall–Kier alpha value is -1.70. The fraction of sp³-hybridized carbons (Fsp3) is 0.267. The standard InChI is InChI=1S/C15H17NO4S2/c1-11-8-14(10-21-11)22(19,20)16-9-13-5-3-2-4-12(13)6-7-15(17)18/h2-5,8,10,16H,6-7,9H2,1H3,(H,17,18). The molecule has 0 aliphatic heterocycles. The molecule has 0 aliphatic carbocycles. The van der Waals surface area contributed by atoms with E-state index in [1.54, 1.807) is 17.5 Å². The normalized spacial score (nSPS) is 11.5. The van der Waals surface area contributed by atoms with Gasteiger partial charge in [-0.1, -0.05) is 24.3 Å². The van der Waals surface area contributed by atoms with E-state index >= 15 is 0 Å². The molecule has 5 nitrogen and oxygen atoms in total. The molecule has 0 fully saturated rings. The van der Waals surface area contributed by atoms with E-state index in [4.69, 9.17) is 5.11 Å². The van der Waals surface area contributed by atoms with Gasteiger partial charge in [-0.05, 0) is 30.5 Å². The predicted molar refractivity (Wildman–Crippen MR) is 85.5 cm³/mol. The largest absolute Gasteiger partial charge is 0.481 e. The van der Waals surface area contributed by atoms with Crippen LogP contribution in [0.2, 0.25) is 0 Å². The third-order valence-corrected chi connectivity index (χ3v) is 5.59. The average molecular weight is 339 g/mol. The highest BCUT2D eigenvalue weighted by atomic mass is 32.2. The van der Waals surface area contributed by atoms with Crippen molar-refractivity contribution in [1.82, 2.24) is 4.72 Å². The van der Waals surface area contributed by atoms with Crippen LogP contribution in [0, 0.1) is 6.92 Å². The first-order valence-electron chi connectivity index (χ1n) is 6.72. The number of aryl methyl sites for hydroxylation is 2. The molecule has 0 spiro atoms. The molecule has 1 aromatic heterocycles. The summed E-state index contributed by atoms with van der Waals surface area (Å²) in [6.45, 7) is 2.00. The van der Waals surface area contributed by atoms with E-state index in [2.05, 4.69) is 4.72 Å². The van der Waals surface area contributed by atoms with Gasteiger partial charge in [-0.2, -0.15) is 0 Å². The molecule has 0 saturated heterocycles. The lowest BCUT2D eigenvalue weighted by Crippen LogP contribution is -2.23. The molecule has 0 aliphatic rings. The first kappa shape index (κ1) is 16.7. The Morgan fingerprint density at radius 1 is 1.27 bits per heavy atom. The third kappa shape index (κ3) is 4.40. The van der Waals surface area contributed by atoms with Crippen molar-refractivity contribution in [3.05, 3.63) is 51.7 Å². The van der Waals surface area contributed by atoms with Gasteiger partial charge in [0.25, 0.3) is 0 Å². The lowest BCUT2D eigenvalue weighted by atomic mass is 10.0. The van der Waals surface area contributed by atoms with Crippen molar-refractivity contribution in [2.45, 2.75) is 31.2 Å². The van der Waals surface area contributed by atoms with E-state index < -0.39 is 16.0 Å². The van der Waals surface area contributed by atoms with Crippen LogP contribution in [0.25, 0.3) is 0 Å². The Morgan fingerprint density at radius 2 is 1.95 bits per heavy atom. The van der Waals surface area contributed by atoms with Crippen LogP contribution in [0.5, 0.6) is 0 Å². The number of hydrogen-bond acceptors (Lipinski definition) is 4. The van der Waals surface area contributed by atoms with Crippen LogP contribution in [0.15, 0.2) is 40.6 Å². The van der Waals surface area contributed by atoms with Gasteiger partial charge >= 0.3 is 5.97 Å². The van der Waals surface area contributed by atoms with Gasteiger partial charge in [0.1, 0.15) is 0 Å². The number of hydrogen-bond donors (Lipinski definition) is 2. The van der Waals surface area contributed by atoms with Crippen LogP contribution < -0.4 is 4.72 Å². The third-order valence-electron chi connectivity index (χ3n) is 3.20. The maximum Gasteiger partial charge on any atom is 0.303 e. The number of carboxylic acid groups (broad SMARTS) is 1. The van der Waals surface area contributed by atoms with E-state index in [1.165, 1.54) is 11.3 Å². The average Bonchev–Trinajstić information content (AvgIpc) is 2.91. The summed E-state index contributed by atoms with van der Waals surface area (Å²) in [5.74, 6) is -0.871. The van der Waals surface area contributed by atoms with Crippen molar-refractivity contribution in [2.75, 3.05) is 0 Å².